The van der Waals surface area contributed by atoms with Gasteiger partial charge in [0, 0.05) is 34.1 Å². The quantitative estimate of drug-likeness (QED) is 0.647. The van der Waals surface area contributed by atoms with Crippen molar-refractivity contribution in [1.29, 1.82) is 0 Å². The summed E-state index contributed by atoms with van der Waals surface area (Å²) in [5.74, 6) is 0.795. The normalized spacial score (nSPS) is 10.8. The number of benzene rings is 1. The molecule has 3 rings (SSSR count). The number of pyridine rings is 1. The fourth-order valence-corrected chi connectivity index (χ4v) is 2.64. The Bertz CT molecular complexity index is 791. The summed E-state index contributed by atoms with van der Waals surface area (Å²) in [4.78, 5) is 14.4. The van der Waals surface area contributed by atoms with Gasteiger partial charge in [-0.2, -0.15) is 0 Å². The highest BCUT2D eigenvalue weighted by molar-refractivity contribution is 7.83. The van der Waals surface area contributed by atoms with Gasteiger partial charge in [0.15, 0.2) is 0 Å². The van der Waals surface area contributed by atoms with Crippen molar-refractivity contribution in [2.45, 2.75) is 23.3 Å². The molecule has 21 heavy (non-hydrogen) atoms. The molecule has 0 saturated carbocycles. The van der Waals surface area contributed by atoms with E-state index < -0.39 is 0 Å². The van der Waals surface area contributed by atoms with Gasteiger partial charge in [0.2, 0.25) is 0 Å². The number of rotatable bonds is 3. The zero-order valence-electron chi connectivity index (χ0n) is 11.4. The molecule has 1 N–H and O–H groups in total. The van der Waals surface area contributed by atoms with Crippen molar-refractivity contribution in [3.05, 3.63) is 48.0 Å². The van der Waals surface area contributed by atoms with E-state index in [9.17, 15) is 0 Å². The number of hydrogen-bond acceptors (Lipinski definition) is 6. The minimum absolute atomic E-state index is 0.679. The van der Waals surface area contributed by atoms with Crippen molar-refractivity contribution in [2.75, 3.05) is 5.32 Å². The van der Waals surface area contributed by atoms with Crippen molar-refractivity contribution < 1.29 is 0 Å². The maximum Gasteiger partial charge on any atom is 0.137 e. The molecule has 4 nitrogen and oxygen atoms in total. The number of hydrogen-bond donors (Lipinski definition) is 3. The van der Waals surface area contributed by atoms with Crippen LogP contribution in [-0.4, -0.2) is 15.0 Å². The van der Waals surface area contributed by atoms with Gasteiger partial charge in [-0.1, -0.05) is 0 Å². The molecule has 0 aliphatic rings. The zero-order chi connectivity index (χ0) is 14.8. The largest absolute Gasteiger partial charge is 0.365 e. The maximum atomic E-state index is 4.47. The van der Waals surface area contributed by atoms with Gasteiger partial charge in [0.1, 0.15) is 12.1 Å². The predicted octanol–water partition coefficient (Wildman–Crippen LogP) is 3.52. The summed E-state index contributed by atoms with van der Waals surface area (Å²) in [5, 5.41) is 4.29. The first-order chi connectivity index (χ1) is 10.2. The van der Waals surface area contributed by atoms with Gasteiger partial charge in [-0.3, -0.25) is 4.98 Å². The first kappa shape index (κ1) is 14.2. The summed E-state index contributed by atoms with van der Waals surface area (Å²) in [6.45, 7) is 2.67. The highest BCUT2D eigenvalue weighted by Crippen LogP contribution is 2.31. The zero-order valence-corrected chi connectivity index (χ0v) is 13.2. The summed E-state index contributed by atoms with van der Waals surface area (Å²) in [6, 6.07) is 5.89. The van der Waals surface area contributed by atoms with E-state index in [1.807, 2.05) is 25.1 Å². The van der Waals surface area contributed by atoms with Crippen molar-refractivity contribution in [3.63, 3.8) is 0 Å². The number of nitrogens with zero attached hydrogens (tertiary/aromatic N) is 3. The SMILES string of the molecule is Cc1c(S)c(S)cc2c(NCc3ccncc3)ncnc12. The molecule has 3 aromatic rings. The van der Waals surface area contributed by atoms with Gasteiger partial charge in [-0.15, -0.1) is 25.3 Å². The number of fused-ring (bicyclic) bond motifs is 1. The fourth-order valence-electron chi connectivity index (χ4n) is 2.17. The van der Waals surface area contributed by atoms with Gasteiger partial charge in [0.05, 0.1) is 5.52 Å². The van der Waals surface area contributed by atoms with Crippen LogP contribution in [0.5, 0.6) is 0 Å². The Hall–Kier alpha value is -1.79. The van der Waals surface area contributed by atoms with Crippen LogP contribution in [0.15, 0.2) is 46.7 Å². The first-order valence-electron chi connectivity index (χ1n) is 6.46. The molecule has 0 bridgehead atoms. The molecule has 2 heterocycles. The fraction of sp³-hybridized carbons (Fsp3) is 0.133. The number of nitrogens with one attached hydrogen (secondary N) is 1. The van der Waals surface area contributed by atoms with Crippen LogP contribution in [0.2, 0.25) is 0 Å². The number of thiol groups is 2. The molecule has 6 heteroatoms. The van der Waals surface area contributed by atoms with Crippen molar-refractivity contribution >= 4 is 42.0 Å². The Morgan fingerprint density at radius 3 is 2.67 bits per heavy atom. The Morgan fingerprint density at radius 1 is 1.14 bits per heavy atom. The molecule has 0 amide bonds. The number of aryl methyl sites for hydroxylation is 1. The second-order valence-electron chi connectivity index (χ2n) is 4.70. The van der Waals surface area contributed by atoms with Crippen LogP contribution in [-0.2, 0) is 6.54 Å². The molecule has 0 unspecified atom stereocenters. The molecular formula is C15H14N4S2. The lowest BCUT2D eigenvalue weighted by Crippen LogP contribution is -2.03. The summed E-state index contributed by atoms with van der Waals surface area (Å²) in [5.41, 5.74) is 3.05. The van der Waals surface area contributed by atoms with E-state index in [0.717, 1.165) is 37.6 Å². The van der Waals surface area contributed by atoms with E-state index >= 15 is 0 Å². The smallest absolute Gasteiger partial charge is 0.137 e. The van der Waals surface area contributed by atoms with Gasteiger partial charge < -0.3 is 5.32 Å². The first-order valence-corrected chi connectivity index (χ1v) is 7.35. The van der Waals surface area contributed by atoms with E-state index in [0.29, 0.717) is 6.54 Å². The van der Waals surface area contributed by atoms with Crippen LogP contribution in [0.4, 0.5) is 5.82 Å². The second kappa shape index (κ2) is 5.91. The highest BCUT2D eigenvalue weighted by atomic mass is 32.1. The summed E-state index contributed by atoms with van der Waals surface area (Å²) < 4.78 is 0. The molecule has 1 aromatic carbocycles. The monoisotopic (exact) mass is 314 g/mol. The third kappa shape index (κ3) is 2.82. The average Bonchev–Trinajstić information content (AvgIpc) is 2.52. The summed E-state index contributed by atoms with van der Waals surface area (Å²) in [6.07, 6.45) is 5.12. The Labute approximate surface area is 133 Å². The number of anilines is 1. The molecule has 0 saturated heterocycles. The Morgan fingerprint density at radius 2 is 1.90 bits per heavy atom. The standard InChI is InChI=1S/C15H14N4S2/c1-9-13-11(6-12(20)14(9)21)15(19-8-18-13)17-7-10-2-4-16-5-3-10/h2-6,8,20-21H,7H2,1H3,(H,17,18,19). The van der Waals surface area contributed by atoms with Gasteiger partial charge >= 0.3 is 0 Å². The minimum atomic E-state index is 0.679. The molecule has 0 spiro atoms. The second-order valence-corrected chi connectivity index (χ2v) is 5.63. The van der Waals surface area contributed by atoms with E-state index in [4.69, 9.17) is 0 Å². The predicted molar refractivity (Wildman–Crippen MR) is 90.3 cm³/mol. The molecule has 106 valence electrons. The lowest BCUT2D eigenvalue weighted by Gasteiger charge is -2.12. The molecule has 0 aliphatic carbocycles. The third-order valence-electron chi connectivity index (χ3n) is 3.33. The topological polar surface area (TPSA) is 50.7 Å². The molecule has 0 fully saturated rings. The van der Waals surface area contributed by atoms with Gasteiger partial charge in [-0.05, 0) is 36.2 Å². The molecular weight excluding hydrogens is 300 g/mol. The Balaban J connectivity index is 1.99. The molecule has 0 aliphatic heterocycles. The van der Waals surface area contributed by atoms with Crippen LogP contribution in [0.3, 0.4) is 0 Å². The van der Waals surface area contributed by atoms with Crippen LogP contribution in [0.1, 0.15) is 11.1 Å². The summed E-state index contributed by atoms with van der Waals surface area (Å²) in [7, 11) is 0. The van der Waals surface area contributed by atoms with Crippen LogP contribution < -0.4 is 5.32 Å². The molecule has 2 aromatic heterocycles. The van der Waals surface area contributed by atoms with E-state index in [1.54, 1.807) is 18.7 Å². The van der Waals surface area contributed by atoms with Crippen molar-refractivity contribution in [3.8, 4) is 0 Å². The van der Waals surface area contributed by atoms with Crippen LogP contribution in [0.25, 0.3) is 10.9 Å². The van der Waals surface area contributed by atoms with Gasteiger partial charge in [-0.25, -0.2) is 9.97 Å². The third-order valence-corrected chi connectivity index (χ3v) is 4.43. The molecule has 0 radical (unpaired) electrons. The van der Waals surface area contributed by atoms with Crippen LogP contribution in [0, 0.1) is 6.92 Å². The van der Waals surface area contributed by atoms with E-state index in [-0.39, 0.29) is 0 Å². The average molecular weight is 314 g/mol. The summed E-state index contributed by atoms with van der Waals surface area (Å²) >= 11 is 8.93. The van der Waals surface area contributed by atoms with E-state index in [2.05, 4.69) is 45.5 Å². The van der Waals surface area contributed by atoms with E-state index in [1.165, 1.54) is 0 Å². The van der Waals surface area contributed by atoms with Gasteiger partial charge in [0.25, 0.3) is 0 Å². The van der Waals surface area contributed by atoms with Crippen molar-refractivity contribution in [1.82, 2.24) is 15.0 Å². The highest BCUT2D eigenvalue weighted by Gasteiger charge is 2.10. The number of aromatic nitrogens is 3. The van der Waals surface area contributed by atoms with Crippen molar-refractivity contribution in [2.24, 2.45) is 0 Å². The van der Waals surface area contributed by atoms with Crippen LogP contribution >= 0.6 is 25.3 Å². The maximum absolute atomic E-state index is 4.47. The Kier molecular flexibility index (Phi) is 3.98. The molecule has 0 atom stereocenters. The minimum Gasteiger partial charge on any atom is -0.365 e. The lowest BCUT2D eigenvalue weighted by atomic mass is 10.1. The lowest BCUT2D eigenvalue weighted by molar-refractivity contribution is 1.08.